The van der Waals surface area contributed by atoms with Crippen LogP contribution in [0.4, 0.5) is 13.2 Å². The van der Waals surface area contributed by atoms with E-state index in [4.69, 9.17) is 0 Å². The molecule has 0 unspecified atom stereocenters. The van der Waals surface area contributed by atoms with Crippen molar-refractivity contribution in [2.24, 2.45) is 0 Å². The molecule has 0 spiro atoms. The van der Waals surface area contributed by atoms with Gasteiger partial charge in [0.15, 0.2) is 0 Å². The standard InChI is InChI=1S/C10H19F3N2S/c1-9(2)8-15(5-3-4-14-9)6-7-16-10(11,12)13/h14H,3-8H2,1-2H3. The van der Waals surface area contributed by atoms with Crippen LogP contribution in [0.5, 0.6) is 0 Å². The van der Waals surface area contributed by atoms with E-state index in [0.29, 0.717) is 6.54 Å². The second-order valence-corrected chi connectivity index (χ2v) is 5.89. The zero-order chi connectivity index (χ0) is 12.2. The lowest BCUT2D eigenvalue weighted by atomic mass is 10.1. The van der Waals surface area contributed by atoms with Gasteiger partial charge in [-0.1, -0.05) is 0 Å². The largest absolute Gasteiger partial charge is 0.441 e. The molecule has 1 rings (SSSR count). The van der Waals surface area contributed by atoms with Crippen molar-refractivity contribution in [2.45, 2.75) is 31.3 Å². The van der Waals surface area contributed by atoms with Crippen molar-refractivity contribution in [1.82, 2.24) is 10.2 Å². The monoisotopic (exact) mass is 256 g/mol. The average Bonchev–Trinajstić information content (AvgIpc) is 2.24. The summed E-state index contributed by atoms with van der Waals surface area (Å²) in [6.07, 6.45) is 1.00. The van der Waals surface area contributed by atoms with Crippen molar-refractivity contribution in [3.05, 3.63) is 0 Å². The average molecular weight is 256 g/mol. The van der Waals surface area contributed by atoms with Crippen LogP contribution in [0.1, 0.15) is 20.3 Å². The van der Waals surface area contributed by atoms with Gasteiger partial charge in [0, 0.05) is 24.4 Å². The van der Waals surface area contributed by atoms with Crippen LogP contribution in [0, 0.1) is 0 Å². The van der Waals surface area contributed by atoms with E-state index in [2.05, 4.69) is 24.1 Å². The smallest absolute Gasteiger partial charge is 0.310 e. The van der Waals surface area contributed by atoms with Crippen LogP contribution in [0.3, 0.4) is 0 Å². The van der Waals surface area contributed by atoms with E-state index in [9.17, 15) is 13.2 Å². The molecule has 0 radical (unpaired) electrons. The van der Waals surface area contributed by atoms with Crippen molar-refractivity contribution >= 4 is 11.8 Å². The minimum Gasteiger partial charge on any atom is -0.310 e. The van der Waals surface area contributed by atoms with Crippen LogP contribution >= 0.6 is 11.8 Å². The summed E-state index contributed by atoms with van der Waals surface area (Å²) in [5.41, 5.74) is -4.10. The van der Waals surface area contributed by atoms with E-state index in [1.165, 1.54) is 0 Å². The maximum atomic E-state index is 12.0. The molecular weight excluding hydrogens is 237 g/mol. The van der Waals surface area contributed by atoms with Gasteiger partial charge in [-0.15, -0.1) is 0 Å². The Hall–Kier alpha value is 0.0600. The molecule has 1 saturated heterocycles. The van der Waals surface area contributed by atoms with E-state index in [1.807, 2.05) is 0 Å². The Balaban J connectivity index is 2.30. The summed E-state index contributed by atoms with van der Waals surface area (Å²) in [4.78, 5) is 2.11. The van der Waals surface area contributed by atoms with Crippen LogP contribution < -0.4 is 5.32 Å². The molecule has 0 saturated carbocycles. The van der Waals surface area contributed by atoms with Gasteiger partial charge < -0.3 is 10.2 Å². The molecule has 0 aromatic heterocycles. The number of nitrogens with one attached hydrogen (secondary N) is 1. The van der Waals surface area contributed by atoms with Gasteiger partial charge >= 0.3 is 5.51 Å². The summed E-state index contributed by atoms with van der Waals surface area (Å²) in [7, 11) is 0. The van der Waals surface area contributed by atoms with E-state index >= 15 is 0 Å². The number of hydrogen-bond acceptors (Lipinski definition) is 3. The molecule has 0 aliphatic carbocycles. The second-order valence-electron chi connectivity index (χ2n) is 4.73. The fourth-order valence-electron chi connectivity index (χ4n) is 1.90. The highest BCUT2D eigenvalue weighted by molar-refractivity contribution is 8.00. The van der Waals surface area contributed by atoms with E-state index in [0.717, 1.165) is 26.1 Å². The highest BCUT2D eigenvalue weighted by atomic mass is 32.2. The Morgan fingerprint density at radius 3 is 2.69 bits per heavy atom. The first-order valence-corrected chi connectivity index (χ1v) is 6.45. The first-order chi connectivity index (χ1) is 7.29. The third kappa shape index (κ3) is 5.96. The molecule has 1 aliphatic rings. The van der Waals surface area contributed by atoms with Gasteiger partial charge in [0.05, 0.1) is 0 Å². The van der Waals surface area contributed by atoms with Gasteiger partial charge in [0.2, 0.25) is 0 Å². The highest BCUT2D eigenvalue weighted by Gasteiger charge is 2.29. The van der Waals surface area contributed by atoms with Gasteiger partial charge in [-0.3, -0.25) is 0 Å². The Labute approximate surface area is 98.9 Å². The summed E-state index contributed by atoms with van der Waals surface area (Å²) in [6.45, 7) is 7.32. The molecule has 1 aliphatic heterocycles. The zero-order valence-corrected chi connectivity index (χ0v) is 10.5. The molecule has 16 heavy (non-hydrogen) atoms. The topological polar surface area (TPSA) is 15.3 Å². The Bertz CT molecular complexity index is 219. The molecule has 0 amide bonds. The van der Waals surface area contributed by atoms with Crippen molar-refractivity contribution in [2.75, 3.05) is 31.9 Å². The lowest BCUT2D eigenvalue weighted by Gasteiger charge is -2.29. The van der Waals surface area contributed by atoms with Crippen molar-refractivity contribution < 1.29 is 13.2 Å². The summed E-state index contributed by atoms with van der Waals surface area (Å²) in [6, 6.07) is 0. The Morgan fingerprint density at radius 1 is 1.38 bits per heavy atom. The summed E-state index contributed by atoms with van der Waals surface area (Å²) in [5.74, 6) is 0.125. The van der Waals surface area contributed by atoms with E-state index < -0.39 is 5.51 Å². The highest BCUT2D eigenvalue weighted by Crippen LogP contribution is 2.29. The maximum Gasteiger partial charge on any atom is 0.441 e. The number of halogens is 3. The molecule has 96 valence electrons. The summed E-state index contributed by atoms with van der Waals surface area (Å²) in [5, 5.41) is 3.39. The molecule has 1 N–H and O–H groups in total. The van der Waals surface area contributed by atoms with Crippen LogP contribution in [-0.2, 0) is 0 Å². The third-order valence-electron chi connectivity index (χ3n) is 2.55. The second kappa shape index (κ2) is 5.60. The van der Waals surface area contributed by atoms with Gasteiger partial charge in [-0.2, -0.15) is 13.2 Å². The Morgan fingerprint density at radius 2 is 2.06 bits per heavy atom. The maximum absolute atomic E-state index is 12.0. The Kier molecular flexibility index (Phi) is 4.94. The van der Waals surface area contributed by atoms with E-state index in [1.54, 1.807) is 0 Å². The minimum absolute atomic E-state index is 0.000596. The van der Waals surface area contributed by atoms with Crippen molar-refractivity contribution in [3.8, 4) is 0 Å². The zero-order valence-electron chi connectivity index (χ0n) is 9.73. The van der Waals surface area contributed by atoms with Crippen LogP contribution in [0.15, 0.2) is 0 Å². The molecule has 0 bridgehead atoms. The summed E-state index contributed by atoms with van der Waals surface area (Å²) < 4.78 is 35.9. The SMILES string of the molecule is CC1(C)CN(CCSC(F)(F)F)CCCN1. The van der Waals surface area contributed by atoms with Gasteiger partial charge in [0.25, 0.3) is 0 Å². The van der Waals surface area contributed by atoms with Crippen LogP contribution in [0.25, 0.3) is 0 Å². The molecule has 1 fully saturated rings. The molecule has 2 nitrogen and oxygen atoms in total. The first-order valence-electron chi connectivity index (χ1n) is 5.47. The number of thioether (sulfide) groups is 1. The van der Waals surface area contributed by atoms with Crippen molar-refractivity contribution in [1.29, 1.82) is 0 Å². The number of rotatable bonds is 3. The number of hydrogen-bond donors (Lipinski definition) is 1. The van der Waals surface area contributed by atoms with Crippen molar-refractivity contribution in [3.63, 3.8) is 0 Å². The summed E-state index contributed by atoms with van der Waals surface area (Å²) >= 11 is 0.0721. The fourth-order valence-corrected chi connectivity index (χ4v) is 2.49. The van der Waals surface area contributed by atoms with Crippen LogP contribution in [0.2, 0.25) is 0 Å². The predicted octanol–water partition coefficient (Wildman–Crippen LogP) is 2.31. The first kappa shape index (κ1) is 14.1. The molecule has 6 heteroatoms. The lowest BCUT2D eigenvalue weighted by Crippen LogP contribution is -2.46. The van der Waals surface area contributed by atoms with Crippen LogP contribution in [-0.4, -0.2) is 47.9 Å². The van der Waals surface area contributed by atoms with Gasteiger partial charge in [-0.25, -0.2) is 0 Å². The minimum atomic E-state index is -4.10. The quantitative estimate of drug-likeness (QED) is 0.834. The molecule has 0 aromatic carbocycles. The predicted molar refractivity (Wildman–Crippen MR) is 61.7 cm³/mol. The number of alkyl halides is 3. The van der Waals surface area contributed by atoms with Gasteiger partial charge in [-0.05, 0) is 45.1 Å². The fraction of sp³-hybridized carbons (Fsp3) is 1.00. The molecular formula is C10H19F3N2S. The van der Waals surface area contributed by atoms with Gasteiger partial charge in [0.1, 0.15) is 0 Å². The molecule has 0 aromatic rings. The number of nitrogens with zero attached hydrogens (tertiary/aromatic N) is 1. The normalized spacial score (nSPS) is 23.1. The molecule has 0 atom stereocenters. The lowest BCUT2D eigenvalue weighted by molar-refractivity contribution is -0.0328. The van der Waals surface area contributed by atoms with E-state index in [-0.39, 0.29) is 23.1 Å². The third-order valence-corrected chi connectivity index (χ3v) is 3.26. The molecule has 1 heterocycles.